The lowest BCUT2D eigenvalue weighted by molar-refractivity contribution is 0.0696. The molecule has 1 aromatic rings. The first-order valence-electron chi connectivity index (χ1n) is 7.58. The average molecular weight is 292 g/mol. The van der Waals surface area contributed by atoms with Gasteiger partial charge in [-0.15, -0.1) is 0 Å². The molecule has 0 bridgehead atoms. The zero-order chi connectivity index (χ0) is 15.1. The number of nitrogens with zero attached hydrogens (tertiary/aromatic N) is 1. The predicted molar refractivity (Wildman–Crippen MR) is 82.0 cm³/mol. The van der Waals surface area contributed by atoms with Crippen molar-refractivity contribution in [2.75, 3.05) is 39.3 Å². The molecule has 5 heteroatoms. The first kappa shape index (κ1) is 15.8. The van der Waals surface area contributed by atoms with Crippen molar-refractivity contribution in [3.8, 4) is 5.75 Å². The topological polar surface area (TPSA) is 61.8 Å². The molecule has 1 aromatic carbocycles. The molecule has 5 nitrogen and oxygen atoms in total. The molecule has 21 heavy (non-hydrogen) atoms. The molecule has 116 valence electrons. The molecular formula is C16H24N2O3. The van der Waals surface area contributed by atoms with Crippen LogP contribution in [-0.4, -0.2) is 55.3 Å². The van der Waals surface area contributed by atoms with E-state index in [1.807, 2.05) is 0 Å². The molecular weight excluding hydrogens is 268 g/mol. The number of carbonyl (C=O) groups is 1. The average Bonchev–Trinajstić information content (AvgIpc) is 2.95. The minimum absolute atomic E-state index is 0.256. The van der Waals surface area contributed by atoms with E-state index in [4.69, 9.17) is 9.84 Å². The van der Waals surface area contributed by atoms with Gasteiger partial charge in [0, 0.05) is 13.1 Å². The van der Waals surface area contributed by atoms with Crippen LogP contribution >= 0.6 is 0 Å². The molecule has 1 unspecified atom stereocenters. The van der Waals surface area contributed by atoms with Gasteiger partial charge in [-0.2, -0.15) is 0 Å². The summed E-state index contributed by atoms with van der Waals surface area (Å²) in [6.07, 6.45) is 1.27. The van der Waals surface area contributed by atoms with Gasteiger partial charge < -0.3 is 20.1 Å². The Morgan fingerprint density at radius 1 is 1.52 bits per heavy atom. The van der Waals surface area contributed by atoms with Gasteiger partial charge in [0.05, 0.1) is 5.56 Å². The number of benzene rings is 1. The minimum atomic E-state index is -0.930. The highest BCUT2D eigenvalue weighted by Gasteiger charge is 2.20. The second-order valence-electron chi connectivity index (χ2n) is 5.43. The number of nitrogens with one attached hydrogen (secondary N) is 1. The van der Waals surface area contributed by atoms with Gasteiger partial charge in [-0.1, -0.05) is 13.0 Å². The summed E-state index contributed by atoms with van der Waals surface area (Å²) in [6, 6.07) is 6.60. The van der Waals surface area contributed by atoms with Crippen LogP contribution in [0.4, 0.5) is 0 Å². The fraction of sp³-hybridized carbons (Fsp3) is 0.562. The summed E-state index contributed by atoms with van der Waals surface area (Å²) in [5.74, 6) is 0.412. The predicted octanol–water partition coefficient (Wildman–Crippen LogP) is 1.69. The number of hydrogen-bond acceptors (Lipinski definition) is 4. The van der Waals surface area contributed by atoms with Crippen molar-refractivity contribution >= 4 is 5.97 Å². The van der Waals surface area contributed by atoms with E-state index in [1.54, 1.807) is 24.3 Å². The Hall–Kier alpha value is -1.59. The molecule has 1 heterocycles. The first-order chi connectivity index (χ1) is 10.2. The SMILES string of the molecule is CCN1CCC(CNCCOc2cccc(C(=O)O)c2)C1. The number of carboxylic acids is 1. The van der Waals surface area contributed by atoms with Gasteiger partial charge in [-0.25, -0.2) is 4.79 Å². The highest BCUT2D eigenvalue weighted by molar-refractivity contribution is 5.87. The summed E-state index contributed by atoms with van der Waals surface area (Å²) in [7, 11) is 0. The number of likely N-dealkylation sites (tertiary alicyclic amines) is 1. The molecule has 1 aliphatic heterocycles. The molecule has 2 rings (SSSR count). The molecule has 1 fully saturated rings. The quantitative estimate of drug-likeness (QED) is 0.714. The summed E-state index contributed by atoms with van der Waals surface area (Å²) in [4.78, 5) is 13.3. The third-order valence-corrected chi connectivity index (χ3v) is 3.88. The molecule has 0 aromatic heterocycles. The first-order valence-corrected chi connectivity index (χ1v) is 7.58. The van der Waals surface area contributed by atoms with Crippen LogP contribution in [0, 0.1) is 5.92 Å². The van der Waals surface area contributed by atoms with Gasteiger partial charge in [-0.05, 0) is 50.2 Å². The Morgan fingerprint density at radius 2 is 2.38 bits per heavy atom. The van der Waals surface area contributed by atoms with E-state index in [-0.39, 0.29) is 5.56 Å². The Morgan fingerprint density at radius 3 is 3.10 bits per heavy atom. The summed E-state index contributed by atoms with van der Waals surface area (Å²) in [5, 5.41) is 12.3. The van der Waals surface area contributed by atoms with Crippen molar-refractivity contribution in [3.05, 3.63) is 29.8 Å². The monoisotopic (exact) mass is 292 g/mol. The largest absolute Gasteiger partial charge is 0.492 e. The Kier molecular flexibility index (Phi) is 6.02. The van der Waals surface area contributed by atoms with Crippen molar-refractivity contribution in [2.24, 2.45) is 5.92 Å². The van der Waals surface area contributed by atoms with Crippen LogP contribution in [0.15, 0.2) is 24.3 Å². The highest BCUT2D eigenvalue weighted by atomic mass is 16.5. The number of hydrogen-bond donors (Lipinski definition) is 2. The zero-order valence-electron chi connectivity index (χ0n) is 12.5. The van der Waals surface area contributed by atoms with Crippen molar-refractivity contribution in [3.63, 3.8) is 0 Å². The highest BCUT2D eigenvalue weighted by Crippen LogP contribution is 2.15. The lowest BCUT2D eigenvalue weighted by atomic mass is 10.1. The molecule has 2 N–H and O–H groups in total. The fourth-order valence-corrected chi connectivity index (χ4v) is 2.63. The van der Waals surface area contributed by atoms with E-state index in [2.05, 4.69) is 17.1 Å². The van der Waals surface area contributed by atoms with Crippen LogP contribution < -0.4 is 10.1 Å². The maximum Gasteiger partial charge on any atom is 0.335 e. The summed E-state index contributed by atoms with van der Waals surface area (Å²) in [5.41, 5.74) is 0.256. The number of aromatic carboxylic acids is 1. The van der Waals surface area contributed by atoms with Gasteiger partial charge in [0.25, 0.3) is 0 Å². The Bertz CT molecular complexity index is 465. The van der Waals surface area contributed by atoms with Gasteiger partial charge in [0.2, 0.25) is 0 Å². The van der Waals surface area contributed by atoms with Crippen LogP contribution in [0.2, 0.25) is 0 Å². The van der Waals surface area contributed by atoms with Crippen LogP contribution in [0.1, 0.15) is 23.7 Å². The molecule has 0 spiro atoms. The molecule has 0 amide bonds. The lowest BCUT2D eigenvalue weighted by Gasteiger charge is -2.14. The Labute approximate surface area is 125 Å². The number of carboxylic acid groups (broad SMARTS) is 1. The second kappa shape index (κ2) is 8.00. The smallest absolute Gasteiger partial charge is 0.335 e. The summed E-state index contributed by atoms with van der Waals surface area (Å²) >= 11 is 0. The third kappa shape index (κ3) is 5.02. The summed E-state index contributed by atoms with van der Waals surface area (Å²) < 4.78 is 5.57. The van der Waals surface area contributed by atoms with E-state index < -0.39 is 5.97 Å². The zero-order valence-corrected chi connectivity index (χ0v) is 12.5. The van der Waals surface area contributed by atoms with Gasteiger partial charge in [-0.3, -0.25) is 0 Å². The fourth-order valence-electron chi connectivity index (χ4n) is 2.63. The molecule has 0 aliphatic carbocycles. The molecule has 1 atom stereocenters. The van der Waals surface area contributed by atoms with Crippen molar-refractivity contribution in [2.45, 2.75) is 13.3 Å². The lowest BCUT2D eigenvalue weighted by Crippen LogP contribution is -2.29. The standard InChI is InChI=1S/C16H24N2O3/c1-2-18-8-6-13(12-18)11-17-7-9-21-15-5-3-4-14(10-15)16(19)20/h3-5,10,13,17H,2,6-9,11-12H2,1H3,(H,19,20). The number of ether oxygens (including phenoxy) is 1. The van der Waals surface area contributed by atoms with Gasteiger partial charge >= 0.3 is 5.97 Å². The Balaban J connectivity index is 1.62. The van der Waals surface area contributed by atoms with Crippen LogP contribution in [-0.2, 0) is 0 Å². The normalized spacial score (nSPS) is 18.8. The maximum atomic E-state index is 10.9. The van der Waals surface area contributed by atoms with E-state index >= 15 is 0 Å². The van der Waals surface area contributed by atoms with E-state index in [9.17, 15) is 4.79 Å². The molecule has 1 saturated heterocycles. The van der Waals surface area contributed by atoms with Crippen molar-refractivity contribution in [1.29, 1.82) is 0 Å². The molecule has 0 radical (unpaired) electrons. The van der Waals surface area contributed by atoms with Gasteiger partial charge in [0.15, 0.2) is 0 Å². The summed E-state index contributed by atoms with van der Waals surface area (Å²) in [6.45, 7) is 8.09. The van der Waals surface area contributed by atoms with Crippen LogP contribution in [0.5, 0.6) is 5.75 Å². The second-order valence-corrected chi connectivity index (χ2v) is 5.43. The maximum absolute atomic E-state index is 10.9. The molecule has 0 saturated carbocycles. The minimum Gasteiger partial charge on any atom is -0.492 e. The third-order valence-electron chi connectivity index (χ3n) is 3.88. The van der Waals surface area contributed by atoms with E-state index in [0.29, 0.717) is 12.4 Å². The molecule has 1 aliphatic rings. The number of rotatable bonds is 8. The van der Waals surface area contributed by atoms with Gasteiger partial charge in [0.1, 0.15) is 12.4 Å². The van der Waals surface area contributed by atoms with E-state index in [0.717, 1.165) is 25.6 Å². The van der Waals surface area contributed by atoms with Crippen molar-refractivity contribution in [1.82, 2.24) is 10.2 Å². The van der Waals surface area contributed by atoms with E-state index in [1.165, 1.54) is 19.5 Å². The van der Waals surface area contributed by atoms with Crippen molar-refractivity contribution < 1.29 is 14.6 Å². The van der Waals surface area contributed by atoms with Crippen LogP contribution in [0.3, 0.4) is 0 Å². The van der Waals surface area contributed by atoms with Crippen LogP contribution in [0.25, 0.3) is 0 Å².